The van der Waals surface area contributed by atoms with Crippen LogP contribution in [0.25, 0.3) is 0 Å². The minimum absolute atomic E-state index is 0.101. The summed E-state index contributed by atoms with van der Waals surface area (Å²) >= 11 is 0. The molecule has 1 aromatic carbocycles. The van der Waals surface area contributed by atoms with Crippen LogP contribution >= 0.6 is 0 Å². The molecule has 2 unspecified atom stereocenters. The molecule has 0 radical (unpaired) electrons. The van der Waals surface area contributed by atoms with Gasteiger partial charge in [0.1, 0.15) is 5.75 Å². The van der Waals surface area contributed by atoms with Gasteiger partial charge in [0, 0.05) is 11.8 Å². The van der Waals surface area contributed by atoms with Gasteiger partial charge in [0.25, 0.3) is 0 Å². The van der Waals surface area contributed by atoms with Crippen molar-refractivity contribution in [2.75, 3.05) is 19.0 Å². The third kappa shape index (κ3) is 5.43. The van der Waals surface area contributed by atoms with Gasteiger partial charge in [-0.3, -0.25) is 4.79 Å². The molecule has 21 heavy (non-hydrogen) atoms. The Kier molecular flexibility index (Phi) is 6.68. The zero-order chi connectivity index (χ0) is 15.8. The quantitative estimate of drug-likeness (QED) is 0.745. The first kappa shape index (κ1) is 17.0. The summed E-state index contributed by atoms with van der Waals surface area (Å²) in [4.78, 5) is 23.0. The molecular formula is C15H22N2O4. The maximum absolute atomic E-state index is 12.0. The summed E-state index contributed by atoms with van der Waals surface area (Å²) in [6.07, 6.45) is 0.830. The average molecular weight is 294 g/mol. The largest absolute Gasteiger partial charge is 0.482 e. The van der Waals surface area contributed by atoms with Gasteiger partial charge >= 0.3 is 5.97 Å². The molecule has 1 rings (SSSR count). The van der Waals surface area contributed by atoms with E-state index in [1.54, 1.807) is 24.3 Å². The van der Waals surface area contributed by atoms with E-state index in [1.807, 2.05) is 13.8 Å². The minimum Gasteiger partial charge on any atom is -0.482 e. The highest BCUT2D eigenvalue weighted by Crippen LogP contribution is 2.18. The number of carbonyl (C=O) groups excluding carboxylic acids is 2. The number of rotatable bonds is 7. The van der Waals surface area contributed by atoms with Crippen LogP contribution in [0, 0.1) is 5.92 Å². The fourth-order valence-corrected chi connectivity index (χ4v) is 1.60. The van der Waals surface area contributed by atoms with Crippen molar-refractivity contribution >= 4 is 17.6 Å². The van der Waals surface area contributed by atoms with Gasteiger partial charge in [-0.15, -0.1) is 0 Å². The molecule has 0 aliphatic rings. The van der Waals surface area contributed by atoms with Crippen LogP contribution in [0.3, 0.4) is 0 Å². The van der Waals surface area contributed by atoms with Crippen LogP contribution in [0.15, 0.2) is 24.3 Å². The number of hydrogen-bond donors (Lipinski definition) is 2. The molecule has 6 nitrogen and oxygen atoms in total. The molecule has 0 aliphatic carbocycles. The van der Waals surface area contributed by atoms with E-state index in [-0.39, 0.29) is 18.4 Å². The first-order valence-electron chi connectivity index (χ1n) is 6.84. The van der Waals surface area contributed by atoms with Crippen LogP contribution in [0.1, 0.15) is 20.3 Å². The molecule has 0 saturated carbocycles. The van der Waals surface area contributed by atoms with Crippen molar-refractivity contribution in [3.63, 3.8) is 0 Å². The number of nitrogens with one attached hydrogen (secondary N) is 1. The van der Waals surface area contributed by atoms with Gasteiger partial charge in [-0.1, -0.05) is 26.3 Å². The van der Waals surface area contributed by atoms with E-state index in [1.165, 1.54) is 7.11 Å². The van der Waals surface area contributed by atoms with Crippen LogP contribution in [0.5, 0.6) is 5.75 Å². The summed E-state index contributed by atoms with van der Waals surface area (Å²) in [7, 11) is 1.29. The topological polar surface area (TPSA) is 90.7 Å². The van der Waals surface area contributed by atoms with E-state index in [9.17, 15) is 9.59 Å². The second-order valence-electron chi connectivity index (χ2n) is 4.79. The second-order valence-corrected chi connectivity index (χ2v) is 4.79. The van der Waals surface area contributed by atoms with E-state index in [0.29, 0.717) is 11.4 Å². The SMILES string of the molecule is CCC(C)C(N)C(=O)Nc1cccc(OCC(=O)OC)c1. The summed E-state index contributed by atoms with van der Waals surface area (Å²) < 4.78 is 9.74. The molecule has 6 heteroatoms. The van der Waals surface area contributed by atoms with Gasteiger partial charge in [0.05, 0.1) is 13.2 Å². The molecule has 116 valence electrons. The van der Waals surface area contributed by atoms with Crippen LogP contribution in [-0.4, -0.2) is 31.6 Å². The Bertz CT molecular complexity index is 490. The molecule has 0 spiro atoms. The Hall–Kier alpha value is -2.08. The molecule has 2 atom stereocenters. The maximum Gasteiger partial charge on any atom is 0.343 e. The van der Waals surface area contributed by atoms with Crippen molar-refractivity contribution in [2.45, 2.75) is 26.3 Å². The Morgan fingerprint density at radius 2 is 2.10 bits per heavy atom. The first-order chi connectivity index (χ1) is 9.97. The van der Waals surface area contributed by atoms with E-state index >= 15 is 0 Å². The second kappa shape index (κ2) is 8.26. The average Bonchev–Trinajstić information content (AvgIpc) is 2.51. The number of anilines is 1. The number of hydrogen-bond acceptors (Lipinski definition) is 5. The van der Waals surface area contributed by atoms with Crippen molar-refractivity contribution < 1.29 is 19.1 Å². The van der Waals surface area contributed by atoms with Gasteiger partial charge in [-0.05, 0) is 18.1 Å². The third-order valence-electron chi connectivity index (χ3n) is 3.25. The number of methoxy groups -OCH3 is 1. The Balaban J connectivity index is 2.64. The number of ether oxygens (including phenoxy) is 2. The lowest BCUT2D eigenvalue weighted by atomic mass is 9.99. The van der Waals surface area contributed by atoms with Crippen molar-refractivity contribution in [1.29, 1.82) is 0 Å². The van der Waals surface area contributed by atoms with Gasteiger partial charge in [0.15, 0.2) is 6.61 Å². The van der Waals surface area contributed by atoms with E-state index in [4.69, 9.17) is 10.5 Å². The van der Waals surface area contributed by atoms with Gasteiger partial charge in [-0.2, -0.15) is 0 Å². The first-order valence-corrected chi connectivity index (χ1v) is 6.84. The summed E-state index contributed by atoms with van der Waals surface area (Å²) in [6, 6.07) is 6.20. The van der Waals surface area contributed by atoms with Crippen molar-refractivity contribution in [1.82, 2.24) is 0 Å². The fourth-order valence-electron chi connectivity index (χ4n) is 1.60. The Labute approximate surface area is 124 Å². The molecule has 3 N–H and O–H groups in total. The molecule has 0 heterocycles. The molecule has 0 aromatic heterocycles. The van der Waals surface area contributed by atoms with Crippen LogP contribution < -0.4 is 15.8 Å². The number of nitrogens with two attached hydrogens (primary N) is 1. The number of carbonyl (C=O) groups is 2. The summed E-state index contributed by atoms with van der Waals surface area (Å²) in [6.45, 7) is 3.74. The molecular weight excluding hydrogens is 272 g/mol. The predicted octanol–water partition coefficient (Wildman–Crippen LogP) is 1.55. The van der Waals surface area contributed by atoms with Crippen molar-refractivity contribution in [3.8, 4) is 5.75 Å². The molecule has 0 fully saturated rings. The monoisotopic (exact) mass is 294 g/mol. The minimum atomic E-state index is -0.561. The predicted molar refractivity (Wildman–Crippen MR) is 80.0 cm³/mol. The van der Waals surface area contributed by atoms with Crippen molar-refractivity contribution in [3.05, 3.63) is 24.3 Å². The molecule has 1 amide bonds. The zero-order valence-electron chi connectivity index (χ0n) is 12.6. The highest BCUT2D eigenvalue weighted by Gasteiger charge is 2.19. The fraction of sp³-hybridized carbons (Fsp3) is 0.467. The Morgan fingerprint density at radius 1 is 1.38 bits per heavy atom. The molecule has 0 bridgehead atoms. The summed E-state index contributed by atoms with van der Waals surface area (Å²) in [5.41, 5.74) is 6.44. The van der Waals surface area contributed by atoms with E-state index in [2.05, 4.69) is 10.1 Å². The van der Waals surface area contributed by atoms with Gasteiger partial charge in [-0.25, -0.2) is 4.79 Å². The third-order valence-corrected chi connectivity index (χ3v) is 3.25. The van der Waals surface area contributed by atoms with Gasteiger partial charge in [0.2, 0.25) is 5.91 Å². The van der Waals surface area contributed by atoms with Crippen LogP contribution in [0.2, 0.25) is 0 Å². The summed E-state index contributed by atoms with van der Waals surface area (Å²) in [5, 5.41) is 2.74. The number of esters is 1. The molecule has 1 aromatic rings. The van der Waals surface area contributed by atoms with E-state index < -0.39 is 12.0 Å². The highest BCUT2D eigenvalue weighted by molar-refractivity contribution is 5.95. The van der Waals surface area contributed by atoms with Crippen LogP contribution in [-0.2, 0) is 14.3 Å². The zero-order valence-corrected chi connectivity index (χ0v) is 12.6. The molecule has 0 saturated heterocycles. The normalized spacial score (nSPS) is 13.1. The lowest BCUT2D eigenvalue weighted by Gasteiger charge is -2.18. The number of benzene rings is 1. The maximum atomic E-state index is 12.0. The Morgan fingerprint density at radius 3 is 2.71 bits per heavy atom. The molecule has 0 aliphatic heterocycles. The lowest BCUT2D eigenvalue weighted by molar-refractivity contribution is -0.142. The van der Waals surface area contributed by atoms with Crippen LogP contribution in [0.4, 0.5) is 5.69 Å². The summed E-state index contributed by atoms with van der Waals surface area (Å²) in [5.74, 6) is -0.142. The highest BCUT2D eigenvalue weighted by atomic mass is 16.6. The van der Waals surface area contributed by atoms with E-state index in [0.717, 1.165) is 6.42 Å². The van der Waals surface area contributed by atoms with Gasteiger partial charge < -0.3 is 20.5 Å². The lowest BCUT2D eigenvalue weighted by Crippen LogP contribution is -2.40. The number of amides is 1. The standard InChI is InChI=1S/C15H22N2O4/c1-4-10(2)14(16)15(19)17-11-6-5-7-12(8-11)21-9-13(18)20-3/h5-8,10,14H,4,9,16H2,1-3H3,(H,17,19). The smallest absolute Gasteiger partial charge is 0.343 e. The van der Waals surface area contributed by atoms with Crippen molar-refractivity contribution in [2.24, 2.45) is 11.7 Å².